The molecule has 4 rings (SSSR count). The van der Waals surface area contributed by atoms with Gasteiger partial charge in [-0.2, -0.15) is 13.2 Å². The number of quaternary nitrogens is 1. The molecule has 1 aliphatic heterocycles. The summed E-state index contributed by atoms with van der Waals surface area (Å²) in [5.41, 5.74) is 2.29. The lowest BCUT2D eigenvalue weighted by Crippen LogP contribution is -3.13. The average Bonchev–Trinajstić information content (AvgIpc) is 2.73. The van der Waals surface area contributed by atoms with Gasteiger partial charge in [0.05, 0.1) is 42.8 Å². The summed E-state index contributed by atoms with van der Waals surface area (Å²) in [7, 11) is 0. The minimum atomic E-state index is -4.33. The molecular weight excluding hydrogens is 391 g/mol. The van der Waals surface area contributed by atoms with Crippen molar-refractivity contribution in [3.63, 3.8) is 0 Å². The van der Waals surface area contributed by atoms with E-state index in [1.807, 2.05) is 42.2 Å². The van der Waals surface area contributed by atoms with Gasteiger partial charge >= 0.3 is 6.18 Å². The number of carbonyl (C=O) groups excluding carboxylic acids is 1. The van der Waals surface area contributed by atoms with Crippen LogP contribution in [0.2, 0.25) is 0 Å². The Kier molecular flexibility index (Phi) is 5.47. The van der Waals surface area contributed by atoms with Crippen molar-refractivity contribution in [2.75, 3.05) is 26.2 Å². The molecular formula is C23H23F3N3O+. The number of hydrogen-bond donors (Lipinski definition) is 1. The van der Waals surface area contributed by atoms with Crippen molar-refractivity contribution in [2.24, 2.45) is 0 Å². The number of nitrogens with one attached hydrogen (secondary N) is 1. The molecule has 3 aromatic rings. The minimum Gasteiger partial charge on any atom is -0.328 e. The molecule has 1 aliphatic rings. The van der Waals surface area contributed by atoms with E-state index in [0.29, 0.717) is 43.9 Å². The van der Waals surface area contributed by atoms with Crippen LogP contribution < -0.4 is 4.90 Å². The number of fused-ring (bicyclic) bond motifs is 1. The van der Waals surface area contributed by atoms with Crippen molar-refractivity contribution in [2.45, 2.75) is 19.6 Å². The van der Waals surface area contributed by atoms with E-state index in [4.69, 9.17) is 0 Å². The maximum absolute atomic E-state index is 13.1. The summed E-state index contributed by atoms with van der Waals surface area (Å²) in [6, 6.07) is 14.9. The van der Waals surface area contributed by atoms with E-state index in [2.05, 4.69) is 4.98 Å². The second kappa shape index (κ2) is 8.07. The smallest absolute Gasteiger partial charge is 0.328 e. The number of aromatic nitrogens is 1. The van der Waals surface area contributed by atoms with Crippen LogP contribution in [0.25, 0.3) is 10.9 Å². The molecule has 0 unspecified atom stereocenters. The van der Waals surface area contributed by atoms with Crippen LogP contribution in [0.1, 0.15) is 27.2 Å². The highest BCUT2D eigenvalue weighted by atomic mass is 19.4. The lowest BCUT2D eigenvalue weighted by atomic mass is 10.1. The fourth-order valence-corrected chi connectivity index (χ4v) is 4.00. The summed E-state index contributed by atoms with van der Waals surface area (Å²) in [4.78, 5) is 20.6. The third kappa shape index (κ3) is 4.31. The first-order chi connectivity index (χ1) is 14.3. The predicted molar refractivity (Wildman–Crippen MR) is 108 cm³/mol. The van der Waals surface area contributed by atoms with E-state index >= 15 is 0 Å². The van der Waals surface area contributed by atoms with Gasteiger partial charge in [0.15, 0.2) is 0 Å². The average molecular weight is 414 g/mol. The topological polar surface area (TPSA) is 37.6 Å². The number of aryl methyl sites for hydroxylation is 1. The molecule has 2 aromatic carbocycles. The van der Waals surface area contributed by atoms with Gasteiger partial charge in [0.25, 0.3) is 5.91 Å². The number of hydrogen-bond acceptors (Lipinski definition) is 2. The van der Waals surface area contributed by atoms with Gasteiger partial charge in [0.2, 0.25) is 0 Å². The molecule has 1 amide bonds. The number of benzene rings is 2. The van der Waals surface area contributed by atoms with E-state index in [9.17, 15) is 18.0 Å². The highest BCUT2D eigenvalue weighted by Crippen LogP contribution is 2.29. The molecule has 0 radical (unpaired) electrons. The first-order valence-corrected chi connectivity index (χ1v) is 9.96. The van der Waals surface area contributed by atoms with Gasteiger partial charge in [-0.25, -0.2) is 0 Å². The van der Waals surface area contributed by atoms with Crippen molar-refractivity contribution in [3.05, 3.63) is 77.0 Å². The zero-order valence-corrected chi connectivity index (χ0v) is 16.7. The van der Waals surface area contributed by atoms with Crippen LogP contribution in [0.15, 0.2) is 54.6 Å². The summed E-state index contributed by atoms with van der Waals surface area (Å²) >= 11 is 0. The normalized spacial score (nSPS) is 15.5. The summed E-state index contributed by atoms with van der Waals surface area (Å²) in [6.45, 7) is 4.93. The van der Waals surface area contributed by atoms with Crippen LogP contribution in [-0.2, 0) is 12.7 Å². The molecule has 156 valence electrons. The van der Waals surface area contributed by atoms with Crippen molar-refractivity contribution in [3.8, 4) is 0 Å². The van der Waals surface area contributed by atoms with Gasteiger partial charge in [-0.15, -0.1) is 0 Å². The molecule has 0 aliphatic carbocycles. The van der Waals surface area contributed by atoms with Crippen LogP contribution in [0.5, 0.6) is 0 Å². The number of rotatable bonds is 3. The maximum atomic E-state index is 13.1. The van der Waals surface area contributed by atoms with Crippen LogP contribution >= 0.6 is 0 Å². The van der Waals surface area contributed by atoms with Crippen LogP contribution in [-0.4, -0.2) is 42.0 Å². The third-order valence-electron chi connectivity index (χ3n) is 5.54. The Balaban J connectivity index is 1.44. The molecule has 1 N–H and O–H groups in total. The molecule has 7 heteroatoms. The Bertz CT molecular complexity index is 1070. The molecule has 2 heterocycles. The van der Waals surface area contributed by atoms with Gasteiger partial charge in [0, 0.05) is 16.6 Å². The molecule has 30 heavy (non-hydrogen) atoms. The van der Waals surface area contributed by atoms with E-state index in [-0.39, 0.29) is 5.91 Å². The Labute approximate surface area is 172 Å². The van der Waals surface area contributed by atoms with E-state index in [0.717, 1.165) is 22.7 Å². The van der Waals surface area contributed by atoms with Crippen molar-refractivity contribution in [1.82, 2.24) is 9.88 Å². The van der Waals surface area contributed by atoms with E-state index < -0.39 is 11.7 Å². The highest BCUT2D eigenvalue weighted by Gasteiger charge is 2.31. The number of carbonyl (C=O) groups is 1. The number of amides is 1. The van der Waals surface area contributed by atoms with Gasteiger partial charge < -0.3 is 9.80 Å². The zero-order valence-electron chi connectivity index (χ0n) is 16.7. The van der Waals surface area contributed by atoms with Gasteiger partial charge in [-0.3, -0.25) is 9.78 Å². The summed E-state index contributed by atoms with van der Waals surface area (Å²) in [5, 5.41) is 0.840. The summed E-state index contributed by atoms with van der Waals surface area (Å²) in [6.07, 6.45) is -4.33. The number of nitrogens with zero attached hydrogens (tertiary/aromatic N) is 2. The second-order valence-corrected chi connectivity index (χ2v) is 7.75. The Morgan fingerprint density at radius 1 is 1.07 bits per heavy atom. The molecule has 1 saturated heterocycles. The van der Waals surface area contributed by atoms with Gasteiger partial charge in [-0.05, 0) is 31.2 Å². The molecule has 0 bridgehead atoms. The number of halogens is 3. The first kappa shape index (κ1) is 20.3. The lowest BCUT2D eigenvalue weighted by Gasteiger charge is -2.32. The minimum absolute atomic E-state index is 0.0187. The number of piperazine rings is 1. The molecule has 1 aromatic heterocycles. The van der Waals surface area contributed by atoms with Crippen molar-refractivity contribution >= 4 is 16.8 Å². The fourth-order valence-electron chi connectivity index (χ4n) is 4.00. The number of para-hydroxylation sites is 1. The van der Waals surface area contributed by atoms with Crippen LogP contribution in [0, 0.1) is 6.92 Å². The molecule has 0 saturated carbocycles. The van der Waals surface area contributed by atoms with E-state index in [1.165, 1.54) is 17.0 Å². The standard InChI is InChI=1S/C23H22F3N3O/c1-16-13-20(19-7-2-3-8-21(19)27-16)22(30)29-11-9-28(10-12-29)15-17-5-4-6-18(14-17)23(24,25)26/h2-8,13-14H,9-12,15H2,1H3/p+1. The second-order valence-electron chi connectivity index (χ2n) is 7.75. The first-order valence-electron chi connectivity index (χ1n) is 9.96. The third-order valence-corrected chi connectivity index (χ3v) is 5.54. The largest absolute Gasteiger partial charge is 0.416 e. The summed E-state index contributed by atoms with van der Waals surface area (Å²) < 4.78 is 38.8. The van der Waals surface area contributed by atoms with Gasteiger partial charge in [0.1, 0.15) is 6.54 Å². The highest BCUT2D eigenvalue weighted by molar-refractivity contribution is 6.06. The van der Waals surface area contributed by atoms with Crippen LogP contribution in [0.3, 0.4) is 0 Å². The SMILES string of the molecule is Cc1cc(C(=O)N2CC[NH+](Cc3cccc(C(F)(F)F)c3)CC2)c2ccccc2n1. The lowest BCUT2D eigenvalue weighted by molar-refractivity contribution is -0.917. The number of pyridine rings is 1. The molecule has 4 nitrogen and oxygen atoms in total. The fraction of sp³-hybridized carbons (Fsp3) is 0.304. The quantitative estimate of drug-likeness (QED) is 0.715. The molecule has 0 spiro atoms. The Morgan fingerprint density at radius 3 is 2.53 bits per heavy atom. The molecule has 1 fully saturated rings. The van der Waals surface area contributed by atoms with Crippen molar-refractivity contribution < 1.29 is 22.9 Å². The van der Waals surface area contributed by atoms with E-state index in [1.54, 1.807) is 6.07 Å². The zero-order chi connectivity index (χ0) is 21.3. The maximum Gasteiger partial charge on any atom is 0.416 e. The number of alkyl halides is 3. The molecule has 0 atom stereocenters. The Morgan fingerprint density at radius 2 is 1.80 bits per heavy atom. The Hall–Kier alpha value is -2.93. The van der Waals surface area contributed by atoms with Gasteiger partial charge in [-0.1, -0.05) is 30.3 Å². The van der Waals surface area contributed by atoms with Crippen LogP contribution in [0.4, 0.5) is 13.2 Å². The monoisotopic (exact) mass is 414 g/mol. The summed E-state index contributed by atoms with van der Waals surface area (Å²) in [5.74, 6) is -0.0187. The predicted octanol–water partition coefficient (Wildman–Crippen LogP) is 3.10. The van der Waals surface area contributed by atoms with Crippen molar-refractivity contribution in [1.29, 1.82) is 0 Å².